The molecule has 1 amide bonds. The maximum absolute atomic E-state index is 12.9. The van der Waals surface area contributed by atoms with Crippen LogP contribution in [0.3, 0.4) is 0 Å². The highest BCUT2D eigenvalue weighted by Crippen LogP contribution is 2.32. The fourth-order valence-electron chi connectivity index (χ4n) is 3.66. The van der Waals surface area contributed by atoms with Crippen molar-refractivity contribution in [2.75, 3.05) is 40.5 Å². The molecule has 0 spiro atoms. The van der Waals surface area contributed by atoms with Crippen LogP contribution < -0.4 is 18.9 Å². The second-order valence-electron chi connectivity index (χ2n) is 7.98. The summed E-state index contributed by atoms with van der Waals surface area (Å²) in [5.41, 5.74) is 0.904. The fourth-order valence-corrected chi connectivity index (χ4v) is 3.66. The smallest absolute Gasteiger partial charge is 0.343 e. The summed E-state index contributed by atoms with van der Waals surface area (Å²) < 4.78 is 26.8. The molecular formula is C27H31NO8. The Morgan fingerprint density at radius 3 is 2.33 bits per heavy atom. The molecule has 1 saturated heterocycles. The Hall–Kier alpha value is -4.01. The molecule has 1 aliphatic heterocycles. The van der Waals surface area contributed by atoms with E-state index in [4.69, 9.17) is 18.9 Å². The van der Waals surface area contributed by atoms with Crippen LogP contribution in [0.5, 0.6) is 23.0 Å². The van der Waals surface area contributed by atoms with E-state index in [1.54, 1.807) is 41.3 Å². The summed E-state index contributed by atoms with van der Waals surface area (Å²) in [5.74, 6) is 0.0602. The molecule has 0 unspecified atom stereocenters. The maximum atomic E-state index is 12.9. The number of carbonyl (C=O) groups excluding carboxylic acids is 3. The van der Waals surface area contributed by atoms with Gasteiger partial charge in [0.2, 0.25) is 0 Å². The van der Waals surface area contributed by atoms with Crippen LogP contribution in [0.4, 0.5) is 0 Å². The number of esters is 2. The number of amides is 1. The van der Waals surface area contributed by atoms with Crippen molar-refractivity contribution in [2.45, 2.75) is 26.2 Å². The third-order valence-corrected chi connectivity index (χ3v) is 5.54. The number of likely N-dealkylation sites (tertiary alicyclic amines) is 1. The zero-order valence-corrected chi connectivity index (χ0v) is 20.8. The SMILES string of the molecule is CCOc1cc(C(=O)Oc2ccc(/C=C/C(=O)OC)cc2OC)ccc1OCC(=O)N1CCCCC1. The molecule has 0 N–H and O–H groups in total. The molecule has 0 aromatic heterocycles. The predicted molar refractivity (Wildman–Crippen MR) is 133 cm³/mol. The van der Waals surface area contributed by atoms with Gasteiger partial charge in [-0.2, -0.15) is 0 Å². The Morgan fingerprint density at radius 1 is 0.889 bits per heavy atom. The third kappa shape index (κ3) is 7.24. The molecule has 3 rings (SSSR count). The molecule has 0 atom stereocenters. The number of ether oxygens (including phenoxy) is 5. The third-order valence-electron chi connectivity index (χ3n) is 5.54. The van der Waals surface area contributed by atoms with Crippen molar-refractivity contribution in [2.24, 2.45) is 0 Å². The second kappa shape index (κ2) is 13.2. The standard InChI is InChI=1S/C27H31NO8/c1-4-34-24-17-20(10-12-21(24)35-18-25(29)28-14-6-5-7-15-28)27(31)36-22-11-8-19(16-23(22)32-2)9-13-26(30)33-3/h8-13,16-17H,4-7,14-15,18H2,1-3H3/b13-9+. The van der Waals surface area contributed by atoms with E-state index in [1.165, 1.54) is 26.4 Å². The van der Waals surface area contributed by atoms with E-state index in [0.717, 1.165) is 32.4 Å². The minimum Gasteiger partial charge on any atom is -0.493 e. The van der Waals surface area contributed by atoms with Crippen LogP contribution in [0.2, 0.25) is 0 Å². The Labute approximate surface area is 210 Å². The van der Waals surface area contributed by atoms with E-state index in [0.29, 0.717) is 29.4 Å². The van der Waals surface area contributed by atoms with Crippen LogP contribution in [0.25, 0.3) is 6.08 Å². The lowest BCUT2D eigenvalue weighted by molar-refractivity contribution is -0.135. The molecule has 2 aromatic carbocycles. The monoisotopic (exact) mass is 497 g/mol. The van der Waals surface area contributed by atoms with Gasteiger partial charge >= 0.3 is 11.9 Å². The number of carbonyl (C=O) groups is 3. The number of benzene rings is 2. The molecule has 36 heavy (non-hydrogen) atoms. The first-order valence-electron chi connectivity index (χ1n) is 11.8. The van der Waals surface area contributed by atoms with Crippen molar-refractivity contribution in [3.8, 4) is 23.0 Å². The van der Waals surface area contributed by atoms with Gasteiger partial charge in [0.1, 0.15) is 0 Å². The molecule has 1 fully saturated rings. The minimum atomic E-state index is -0.622. The molecule has 1 aliphatic rings. The Balaban J connectivity index is 1.70. The van der Waals surface area contributed by atoms with Gasteiger partial charge in [0.25, 0.3) is 5.91 Å². The number of piperidine rings is 1. The zero-order valence-electron chi connectivity index (χ0n) is 20.8. The highest BCUT2D eigenvalue weighted by atomic mass is 16.6. The van der Waals surface area contributed by atoms with E-state index in [1.807, 2.05) is 6.92 Å². The Morgan fingerprint density at radius 2 is 1.64 bits per heavy atom. The molecule has 192 valence electrons. The van der Waals surface area contributed by atoms with Crippen molar-refractivity contribution in [3.63, 3.8) is 0 Å². The number of methoxy groups -OCH3 is 2. The predicted octanol–water partition coefficient (Wildman–Crippen LogP) is 3.89. The lowest BCUT2D eigenvalue weighted by Crippen LogP contribution is -2.38. The maximum Gasteiger partial charge on any atom is 0.343 e. The molecule has 9 nitrogen and oxygen atoms in total. The molecule has 1 heterocycles. The van der Waals surface area contributed by atoms with Crippen molar-refractivity contribution in [1.29, 1.82) is 0 Å². The summed E-state index contributed by atoms with van der Waals surface area (Å²) in [4.78, 5) is 38.4. The highest BCUT2D eigenvalue weighted by molar-refractivity contribution is 5.92. The van der Waals surface area contributed by atoms with E-state index in [2.05, 4.69) is 4.74 Å². The summed E-state index contributed by atoms with van der Waals surface area (Å²) in [6.07, 6.45) is 5.98. The number of hydrogen-bond donors (Lipinski definition) is 0. The minimum absolute atomic E-state index is 0.0717. The Kier molecular flexibility index (Phi) is 9.73. The highest BCUT2D eigenvalue weighted by Gasteiger charge is 2.19. The molecule has 0 aliphatic carbocycles. The molecule has 0 radical (unpaired) electrons. The lowest BCUT2D eigenvalue weighted by atomic mass is 10.1. The molecule has 0 bridgehead atoms. The van der Waals surface area contributed by atoms with Gasteiger partial charge < -0.3 is 28.6 Å². The van der Waals surface area contributed by atoms with E-state index >= 15 is 0 Å². The van der Waals surface area contributed by atoms with E-state index in [9.17, 15) is 14.4 Å². The van der Waals surface area contributed by atoms with Crippen LogP contribution in [0, 0.1) is 0 Å². The average Bonchev–Trinajstić information content (AvgIpc) is 2.91. The lowest BCUT2D eigenvalue weighted by Gasteiger charge is -2.26. The molecule has 2 aromatic rings. The average molecular weight is 498 g/mol. The van der Waals surface area contributed by atoms with Crippen LogP contribution in [0.1, 0.15) is 42.1 Å². The van der Waals surface area contributed by atoms with E-state index < -0.39 is 11.9 Å². The largest absolute Gasteiger partial charge is 0.493 e. The topological polar surface area (TPSA) is 101 Å². The van der Waals surface area contributed by atoms with Gasteiger partial charge in [-0.05, 0) is 68.2 Å². The quantitative estimate of drug-likeness (QED) is 0.277. The number of rotatable bonds is 10. The van der Waals surface area contributed by atoms with Gasteiger partial charge in [0.15, 0.2) is 29.6 Å². The number of hydrogen-bond acceptors (Lipinski definition) is 8. The fraction of sp³-hybridized carbons (Fsp3) is 0.370. The van der Waals surface area contributed by atoms with Crippen molar-refractivity contribution >= 4 is 23.9 Å². The van der Waals surface area contributed by atoms with Gasteiger partial charge in [-0.3, -0.25) is 4.79 Å². The summed E-state index contributed by atoms with van der Waals surface area (Å²) in [5, 5.41) is 0. The normalized spacial score (nSPS) is 13.2. The summed E-state index contributed by atoms with van der Waals surface area (Å²) in [6.45, 7) is 3.56. The van der Waals surface area contributed by atoms with Crippen LogP contribution in [-0.2, 0) is 14.3 Å². The summed E-state index contributed by atoms with van der Waals surface area (Å²) in [6, 6.07) is 9.53. The van der Waals surface area contributed by atoms with Gasteiger partial charge in [-0.25, -0.2) is 9.59 Å². The van der Waals surface area contributed by atoms with Crippen molar-refractivity contribution in [1.82, 2.24) is 4.90 Å². The van der Waals surface area contributed by atoms with Gasteiger partial charge in [0.05, 0.1) is 26.4 Å². The van der Waals surface area contributed by atoms with Gasteiger partial charge in [-0.1, -0.05) is 6.07 Å². The first kappa shape index (κ1) is 26.6. The first-order valence-corrected chi connectivity index (χ1v) is 11.8. The molecule has 0 saturated carbocycles. The van der Waals surface area contributed by atoms with Crippen molar-refractivity contribution < 1.29 is 38.1 Å². The van der Waals surface area contributed by atoms with Crippen molar-refractivity contribution in [3.05, 3.63) is 53.6 Å². The van der Waals surface area contributed by atoms with Crippen LogP contribution in [0.15, 0.2) is 42.5 Å². The summed E-state index contributed by atoms with van der Waals surface area (Å²) in [7, 11) is 2.74. The zero-order chi connectivity index (χ0) is 25.9. The Bertz CT molecular complexity index is 1100. The van der Waals surface area contributed by atoms with Crippen LogP contribution >= 0.6 is 0 Å². The first-order chi connectivity index (χ1) is 17.4. The number of nitrogens with zero attached hydrogens (tertiary/aromatic N) is 1. The molecular weight excluding hydrogens is 466 g/mol. The molecule has 9 heteroatoms. The van der Waals surface area contributed by atoms with Crippen LogP contribution in [-0.4, -0.2) is 63.3 Å². The van der Waals surface area contributed by atoms with E-state index in [-0.39, 0.29) is 23.8 Å². The second-order valence-corrected chi connectivity index (χ2v) is 7.98. The van der Waals surface area contributed by atoms with Gasteiger partial charge in [-0.15, -0.1) is 0 Å². The summed E-state index contributed by atoms with van der Waals surface area (Å²) >= 11 is 0. The van der Waals surface area contributed by atoms with Gasteiger partial charge in [0, 0.05) is 19.2 Å².